The molecule has 1 aliphatic rings. The number of rotatable bonds is 4. The summed E-state index contributed by atoms with van der Waals surface area (Å²) in [4.78, 5) is 5.57. The zero-order valence-corrected chi connectivity index (χ0v) is 15.2. The second kappa shape index (κ2) is 7.87. The monoisotopic (exact) mass is 422 g/mol. The average molecular weight is 423 g/mol. The number of amidine groups is 1. The van der Waals surface area contributed by atoms with Gasteiger partial charge in [0, 0.05) is 17.2 Å². The van der Waals surface area contributed by atoms with E-state index in [1.807, 2.05) is 0 Å². The van der Waals surface area contributed by atoms with Gasteiger partial charge in [-0.2, -0.15) is 26.3 Å². The Hall–Kier alpha value is -0.740. The maximum absolute atomic E-state index is 12.6. The number of aliphatic imine (C=N–C) groups is 1. The summed E-state index contributed by atoms with van der Waals surface area (Å²) in [5.41, 5.74) is 0.711. The second-order valence-electron chi connectivity index (χ2n) is 5.25. The van der Waals surface area contributed by atoms with Gasteiger partial charge in [0.05, 0.1) is 16.5 Å². The predicted molar refractivity (Wildman–Crippen MR) is 90.1 cm³/mol. The molecule has 0 spiro atoms. The summed E-state index contributed by atoms with van der Waals surface area (Å²) in [7, 11) is 0. The number of hydrogen-bond donors (Lipinski definition) is 0. The van der Waals surface area contributed by atoms with Gasteiger partial charge >= 0.3 is 12.4 Å². The summed E-state index contributed by atoms with van der Waals surface area (Å²) in [6, 6.07) is 2.85. The Morgan fingerprint density at radius 1 is 1.20 bits per heavy atom. The van der Waals surface area contributed by atoms with E-state index in [-0.39, 0.29) is 22.4 Å². The first kappa shape index (κ1) is 20.6. The number of nitrogens with zero attached hydrogens (tertiary/aromatic N) is 2. The molecule has 25 heavy (non-hydrogen) atoms. The van der Waals surface area contributed by atoms with Gasteiger partial charge in [-0.3, -0.25) is 0 Å². The zero-order chi connectivity index (χ0) is 18.8. The Bertz CT molecular complexity index is 660. The number of aryl methyl sites for hydroxylation is 1. The summed E-state index contributed by atoms with van der Waals surface area (Å²) in [5, 5.41) is 0.343. The second-order valence-corrected chi connectivity index (χ2v) is 7.74. The largest absolute Gasteiger partial charge is 0.405 e. The molecule has 0 unspecified atom stereocenters. The molecule has 0 saturated carbocycles. The molecular weight excluding hydrogens is 410 g/mol. The van der Waals surface area contributed by atoms with Gasteiger partial charge in [0.2, 0.25) is 0 Å². The Morgan fingerprint density at radius 2 is 1.88 bits per heavy atom. The molecule has 2 nitrogen and oxygen atoms in total. The van der Waals surface area contributed by atoms with Gasteiger partial charge in [0.25, 0.3) is 0 Å². The van der Waals surface area contributed by atoms with Crippen LogP contribution < -0.4 is 0 Å². The molecule has 1 aromatic carbocycles. The fourth-order valence-corrected chi connectivity index (χ4v) is 4.10. The topological polar surface area (TPSA) is 15.6 Å². The van der Waals surface area contributed by atoms with E-state index < -0.39 is 24.7 Å². The fraction of sp³-hybridized carbons (Fsp3) is 0.500. The lowest BCUT2D eigenvalue weighted by Gasteiger charge is -2.19. The molecule has 11 heteroatoms. The van der Waals surface area contributed by atoms with E-state index in [0.717, 1.165) is 16.7 Å². The van der Waals surface area contributed by atoms with Crippen LogP contribution in [0.1, 0.15) is 5.56 Å². The van der Waals surface area contributed by atoms with Gasteiger partial charge in [0.1, 0.15) is 6.54 Å². The van der Waals surface area contributed by atoms with Crippen molar-refractivity contribution >= 4 is 46.0 Å². The third kappa shape index (κ3) is 6.49. The number of alkyl halides is 6. The van der Waals surface area contributed by atoms with Crippen molar-refractivity contribution in [1.29, 1.82) is 0 Å². The molecule has 1 saturated heterocycles. The SMILES string of the molecule is Cc1cc(Cl)c(N=C2SCCN2CC(F)(F)F)cc1SCC(F)(F)F. The van der Waals surface area contributed by atoms with Crippen LogP contribution in [-0.4, -0.2) is 47.0 Å². The third-order valence-electron chi connectivity index (χ3n) is 3.08. The van der Waals surface area contributed by atoms with E-state index in [9.17, 15) is 26.3 Å². The Balaban J connectivity index is 2.26. The maximum Gasteiger partial charge on any atom is 0.405 e. The van der Waals surface area contributed by atoms with E-state index >= 15 is 0 Å². The smallest absolute Gasteiger partial charge is 0.341 e. The van der Waals surface area contributed by atoms with Crippen LogP contribution in [0, 0.1) is 6.92 Å². The Kier molecular flexibility index (Phi) is 6.48. The number of halogens is 7. The first-order valence-corrected chi connectivity index (χ1v) is 9.32. The molecule has 0 aromatic heterocycles. The minimum absolute atomic E-state index is 0.161. The lowest BCUT2D eigenvalue weighted by Crippen LogP contribution is -2.34. The normalized spacial score (nSPS) is 17.6. The van der Waals surface area contributed by atoms with E-state index in [1.54, 1.807) is 6.92 Å². The van der Waals surface area contributed by atoms with E-state index in [1.165, 1.54) is 12.1 Å². The maximum atomic E-state index is 12.6. The number of thioether (sulfide) groups is 2. The van der Waals surface area contributed by atoms with Crippen LogP contribution in [0.3, 0.4) is 0 Å². The van der Waals surface area contributed by atoms with Crippen molar-refractivity contribution in [2.75, 3.05) is 24.6 Å². The van der Waals surface area contributed by atoms with Gasteiger partial charge in [-0.25, -0.2) is 4.99 Å². The molecule has 1 fully saturated rings. The molecule has 1 aliphatic heterocycles. The van der Waals surface area contributed by atoms with E-state index in [2.05, 4.69) is 4.99 Å². The van der Waals surface area contributed by atoms with Crippen LogP contribution in [0.25, 0.3) is 0 Å². The fourth-order valence-electron chi connectivity index (χ4n) is 2.05. The first-order valence-electron chi connectivity index (χ1n) is 6.97. The van der Waals surface area contributed by atoms with Crippen molar-refractivity contribution < 1.29 is 26.3 Å². The van der Waals surface area contributed by atoms with Gasteiger partial charge in [0.15, 0.2) is 5.17 Å². The minimum Gasteiger partial charge on any atom is -0.341 e. The Morgan fingerprint density at radius 3 is 2.48 bits per heavy atom. The van der Waals surface area contributed by atoms with Crippen LogP contribution in [0.2, 0.25) is 5.02 Å². The summed E-state index contributed by atoms with van der Waals surface area (Å²) in [6.45, 7) is 0.682. The highest BCUT2D eigenvalue weighted by molar-refractivity contribution is 8.14. The molecule has 1 heterocycles. The van der Waals surface area contributed by atoms with Crippen molar-refractivity contribution in [3.8, 4) is 0 Å². The number of hydrogen-bond acceptors (Lipinski definition) is 3. The summed E-state index contributed by atoms with van der Waals surface area (Å²) in [6.07, 6.45) is -8.69. The molecule has 0 amide bonds. The molecule has 0 bridgehead atoms. The standard InChI is InChI=1S/C14H13ClF6N2S2/c1-8-4-9(15)10(5-11(8)25-7-14(19,20)21)22-12-23(2-3-24-12)6-13(16,17)18/h4-5H,2-3,6-7H2,1H3. The van der Waals surface area contributed by atoms with Crippen LogP contribution in [-0.2, 0) is 0 Å². The molecule has 0 N–H and O–H groups in total. The van der Waals surface area contributed by atoms with Crippen molar-refractivity contribution in [3.63, 3.8) is 0 Å². The van der Waals surface area contributed by atoms with Crippen molar-refractivity contribution in [2.45, 2.75) is 24.2 Å². The van der Waals surface area contributed by atoms with Crippen molar-refractivity contribution in [2.24, 2.45) is 4.99 Å². The molecule has 2 rings (SSSR count). The highest BCUT2D eigenvalue weighted by Crippen LogP contribution is 2.37. The van der Waals surface area contributed by atoms with E-state index in [4.69, 9.17) is 11.6 Å². The van der Waals surface area contributed by atoms with E-state index in [0.29, 0.717) is 28.0 Å². The molecule has 0 aliphatic carbocycles. The quantitative estimate of drug-likeness (QED) is 0.443. The minimum atomic E-state index is -4.36. The lowest BCUT2D eigenvalue weighted by atomic mass is 10.2. The lowest BCUT2D eigenvalue weighted by molar-refractivity contribution is -0.136. The highest BCUT2D eigenvalue weighted by atomic mass is 35.5. The van der Waals surface area contributed by atoms with Gasteiger partial charge in [-0.15, -0.1) is 11.8 Å². The van der Waals surface area contributed by atoms with Gasteiger partial charge < -0.3 is 4.90 Å². The van der Waals surface area contributed by atoms with Crippen LogP contribution in [0.15, 0.2) is 22.0 Å². The molecular formula is C14H13ClF6N2S2. The average Bonchev–Trinajstić information content (AvgIpc) is 2.84. The Labute approximate surface area is 154 Å². The van der Waals surface area contributed by atoms with Crippen molar-refractivity contribution in [1.82, 2.24) is 4.90 Å². The predicted octanol–water partition coefficient (Wildman–Crippen LogP) is 5.90. The third-order valence-corrected chi connectivity index (χ3v) is 5.60. The van der Waals surface area contributed by atoms with Crippen LogP contribution in [0.4, 0.5) is 32.0 Å². The zero-order valence-electron chi connectivity index (χ0n) is 12.8. The summed E-state index contributed by atoms with van der Waals surface area (Å²) in [5.74, 6) is -0.617. The van der Waals surface area contributed by atoms with Crippen LogP contribution in [0.5, 0.6) is 0 Å². The van der Waals surface area contributed by atoms with Gasteiger partial charge in [-0.1, -0.05) is 23.4 Å². The highest BCUT2D eigenvalue weighted by Gasteiger charge is 2.34. The molecule has 0 atom stereocenters. The molecule has 0 radical (unpaired) electrons. The van der Waals surface area contributed by atoms with Crippen LogP contribution >= 0.6 is 35.1 Å². The molecule has 1 aromatic rings. The van der Waals surface area contributed by atoms with Crippen molar-refractivity contribution in [3.05, 3.63) is 22.7 Å². The summed E-state index contributed by atoms with van der Waals surface area (Å²) < 4.78 is 75.0. The summed E-state index contributed by atoms with van der Waals surface area (Å²) >= 11 is 7.81. The first-order chi connectivity index (χ1) is 11.4. The molecule has 140 valence electrons. The number of benzene rings is 1. The van der Waals surface area contributed by atoms with Gasteiger partial charge in [-0.05, 0) is 24.6 Å².